The van der Waals surface area contributed by atoms with Crippen LogP contribution in [0.3, 0.4) is 0 Å². The van der Waals surface area contributed by atoms with Crippen molar-refractivity contribution in [1.29, 1.82) is 0 Å². The Bertz CT molecular complexity index is 568. The minimum atomic E-state index is -0.160. The lowest BCUT2D eigenvalue weighted by Gasteiger charge is -2.07. The molecule has 0 aliphatic rings. The van der Waals surface area contributed by atoms with Crippen molar-refractivity contribution in [3.8, 4) is 0 Å². The quantitative estimate of drug-likeness (QED) is 0.753. The molecule has 17 heavy (non-hydrogen) atoms. The summed E-state index contributed by atoms with van der Waals surface area (Å²) in [4.78, 5) is 12.0. The van der Waals surface area contributed by atoms with Crippen LogP contribution in [-0.2, 0) is 0 Å². The number of aromatic nitrogens is 2. The number of rotatable bonds is 2. The number of nitrogens with zero attached hydrogens (tertiary/aromatic N) is 1. The molecule has 0 bridgehead atoms. The second kappa shape index (κ2) is 5.18. The van der Waals surface area contributed by atoms with Gasteiger partial charge in [0.2, 0.25) is 0 Å². The molecule has 2 aromatic rings. The van der Waals surface area contributed by atoms with Crippen molar-refractivity contribution in [2.45, 2.75) is 6.92 Å². The lowest BCUT2D eigenvalue weighted by molar-refractivity contribution is 0.102. The van der Waals surface area contributed by atoms with Gasteiger partial charge in [-0.25, -0.2) is 0 Å². The second-order valence-corrected chi connectivity index (χ2v) is 5.56. The van der Waals surface area contributed by atoms with E-state index in [-0.39, 0.29) is 5.91 Å². The highest BCUT2D eigenvalue weighted by molar-refractivity contribution is 14.1. The Kier molecular flexibility index (Phi) is 3.82. The molecule has 0 saturated heterocycles. The van der Waals surface area contributed by atoms with Crippen LogP contribution in [0, 0.1) is 10.5 Å². The number of nitrogens with one attached hydrogen (secondary N) is 2. The Hall–Kier alpha value is -0.890. The van der Waals surface area contributed by atoms with E-state index < -0.39 is 0 Å². The highest BCUT2D eigenvalue weighted by atomic mass is 127. The van der Waals surface area contributed by atoms with Gasteiger partial charge in [-0.1, -0.05) is 15.9 Å². The van der Waals surface area contributed by atoms with Crippen LogP contribution in [0.25, 0.3) is 0 Å². The fourth-order valence-corrected chi connectivity index (χ4v) is 2.19. The summed E-state index contributed by atoms with van der Waals surface area (Å²) in [5.41, 5.74) is 2.10. The standard InChI is InChI=1S/C11H9BrIN3O/c1-6-8(5-14-16-6)11(17)15-10-4-7(12)2-3-9(10)13/h2-5H,1H3,(H,14,16)(H,15,17). The number of H-pyrrole nitrogens is 1. The van der Waals surface area contributed by atoms with Crippen molar-refractivity contribution in [1.82, 2.24) is 10.2 Å². The molecule has 1 aromatic heterocycles. The van der Waals surface area contributed by atoms with Crippen LogP contribution in [0.15, 0.2) is 28.9 Å². The summed E-state index contributed by atoms with van der Waals surface area (Å²) in [6, 6.07) is 5.73. The number of carbonyl (C=O) groups is 1. The van der Waals surface area contributed by atoms with Crippen LogP contribution in [0.2, 0.25) is 0 Å². The average molecular weight is 406 g/mol. The second-order valence-electron chi connectivity index (χ2n) is 3.49. The molecule has 0 aliphatic heterocycles. The third-order valence-electron chi connectivity index (χ3n) is 2.25. The number of halogens is 2. The molecule has 0 aliphatic carbocycles. The molecule has 0 spiro atoms. The molecule has 4 nitrogen and oxygen atoms in total. The van der Waals surface area contributed by atoms with Crippen molar-refractivity contribution < 1.29 is 4.79 Å². The zero-order chi connectivity index (χ0) is 12.4. The van der Waals surface area contributed by atoms with Crippen molar-refractivity contribution in [3.63, 3.8) is 0 Å². The van der Waals surface area contributed by atoms with Gasteiger partial charge >= 0.3 is 0 Å². The first-order valence-electron chi connectivity index (χ1n) is 4.84. The maximum atomic E-state index is 12.0. The van der Waals surface area contributed by atoms with E-state index in [1.807, 2.05) is 25.1 Å². The van der Waals surface area contributed by atoms with Crippen molar-refractivity contribution in [3.05, 3.63) is 43.7 Å². The number of hydrogen-bond acceptors (Lipinski definition) is 2. The molecule has 88 valence electrons. The van der Waals surface area contributed by atoms with Crippen LogP contribution in [-0.4, -0.2) is 16.1 Å². The Labute approximate surface area is 120 Å². The van der Waals surface area contributed by atoms with E-state index >= 15 is 0 Å². The Morgan fingerprint density at radius 3 is 2.94 bits per heavy atom. The maximum absolute atomic E-state index is 12.0. The number of anilines is 1. The van der Waals surface area contributed by atoms with Crippen molar-refractivity contribution >= 4 is 50.1 Å². The predicted octanol–water partition coefficient (Wildman–Crippen LogP) is 3.34. The lowest BCUT2D eigenvalue weighted by atomic mass is 10.2. The fourth-order valence-electron chi connectivity index (χ4n) is 1.36. The first-order valence-corrected chi connectivity index (χ1v) is 6.71. The molecule has 0 saturated carbocycles. The van der Waals surface area contributed by atoms with Gasteiger partial charge in [0.25, 0.3) is 5.91 Å². The molecule has 2 rings (SSSR count). The maximum Gasteiger partial charge on any atom is 0.259 e. The van der Waals surface area contributed by atoms with E-state index in [1.165, 1.54) is 6.20 Å². The summed E-state index contributed by atoms with van der Waals surface area (Å²) >= 11 is 5.55. The van der Waals surface area contributed by atoms with Crippen LogP contribution < -0.4 is 5.32 Å². The molecular weight excluding hydrogens is 397 g/mol. The van der Waals surface area contributed by atoms with Gasteiger partial charge in [0, 0.05) is 13.7 Å². The number of hydrogen-bond donors (Lipinski definition) is 2. The zero-order valence-electron chi connectivity index (χ0n) is 8.92. The fraction of sp³-hybridized carbons (Fsp3) is 0.0909. The summed E-state index contributed by atoms with van der Waals surface area (Å²) in [6.07, 6.45) is 1.52. The number of benzene rings is 1. The minimum Gasteiger partial charge on any atom is -0.321 e. The lowest BCUT2D eigenvalue weighted by Crippen LogP contribution is -2.13. The van der Waals surface area contributed by atoms with Crippen molar-refractivity contribution in [2.24, 2.45) is 0 Å². The molecular formula is C11H9BrIN3O. The summed E-state index contributed by atoms with van der Waals surface area (Å²) in [6.45, 7) is 1.81. The Morgan fingerprint density at radius 1 is 1.53 bits per heavy atom. The monoisotopic (exact) mass is 405 g/mol. The predicted molar refractivity (Wildman–Crippen MR) is 78.1 cm³/mol. The van der Waals surface area contributed by atoms with Crippen LogP contribution in [0.1, 0.15) is 16.1 Å². The smallest absolute Gasteiger partial charge is 0.259 e. The molecule has 0 unspecified atom stereocenters. The van der Waals surface area contributed by atoms with Gasteiger partial charge in [0.15, 0.2) is 0 Å². The Morgan fingerprint density at radius 2 is 2.29 bits per heavy atom. The SMILES string of the molecule is Cc1[nH]ncc1C(=O)Nc1cc(Br)ccc1I. The highest BCUT2D eigenvalue weighted by Gasteiger charge is 2.12. The van der Waals surface area contributed by atoms with E-state index in [0.29, 0.717) is 5.56 Å². The summed E-state index contributed by atoms with van der Waals surface area (Å²) in [5, 5.41) is 9.42. The molecule has 0 atom stereocenters. The van der Waals surface area contributed by atoms with Gasteiger partial charge in [0.1, 0.15) is 0 Å². The van der Waals surface area contributed by atoms with Gasteiger partial charge in [-0.2, -0.15) is 5.10 Å². The highest BCUT2D eigenvalue weighted by Crippen LogP contribution is 2.23. The molecule has 2 N–H and O–H groups in total. The van der Waals surface area contributed by atoms with Crippen LogP contribution >= 0.6 is 38.5 Å². The minimum absolute atomic E-state index is 0.160. The third kappa shape index (κ3) is 2.86. The number of aryl methyl sites for hydroxylation is 1. The first kappa shape index (κ1) is 12.6. The van der Waals surface area contributed by atoms with E-state index in [9.17, 15) is 4.79 Å². The molecule has 6 heteroatoms. The van der Waals surface area contributed by atoms with Crippen LogP contribution in [0.5, 0.6) is 0 Å². The van der Waals surface area contributed by atoms with E-state index in [0.717, 1.165) is 19.4 Å². The van der Waals surface area contributed by atoms with Gasteiger partial charge in [-0.3, -0.25) is 9.89 Å². The molecule has 0 radical (unpaired) electrons. The third-order valence-corrected chi connectivity index (χ3v) is 3.69. The molecule has 1 aromatic carbocycles. The molecule has 1 heterocycles. The molecule has 1 amide bonds. The zero-order valence-corrected chi connectivity index (χ0v) is 12.7. The molecule has 0 fully saturated rings. The first-order chi connectivity index (χ1) is 8.08. The number of carbonyl (C=O) groups excluding carboxylic acids is 1. The van der Waals surface area contributed by atoms with Gasteiger partial charge in [0.05, 0.1) is 17.4 Å². The van der Waals surface area contributed by atoms with Gasteiger partial charge in [-0.15, -0.1) is 0 Å². The number of aromatic amines is 1. The summed E-state index contributed by atoms with van der Waals surface area (Å²) in [5.74, 6) is -0.160. The van der Waals surface area contributed by atoms with Gasteiger partial charge in [-0.05, 0) is 47.7 Å². The Balaban J connectivity index is 2.24. The normalized spacial score (nSPS) is 10.3. The van der Waals surface area contributed by atoms with Gasteiger partial charge < -0.3 is 5.32 Å². The largest absolute Gasteiger partial charge is 0.321 e. The topological polar surface area (TPSA) is 57.8 Å². The summed E-state index contributed by atoms with van der Waals surface area (Å²) < 4.78 is 1.91. The summed E-state index contributed by atoms with van der Waals surface area (Å²) in [7, 11) is 0. The van der Waals surface area contributed by atoms with Crippen LogP contribution in [0.4, 0.5) is 5.69 Å². The van der Waals surface area contributed by atoms with Crippen molar-refractivity contribution in [2.75, 3.05) is 5.32 Å². The average Bonchev–Trinajstić information content (AvgIpc) is 2.70. The number of amides is 1. The van der Waals surface area contributed by atoms with E-state index in [2.05, 4.69) is 54.0 Å². The van der Waals surface area contributed by atoms with E-state index in [1.54, 1.807) is 0 Å². The van der Waals surface area contributed by atoms with E-state index in [4.69, 9.17) is 0 Å².